The van der Waals surface area contributed by atoms with Crippen LogP contribution in [-0.2, 0) is 4.79 Å². The van der Waals surface area contributed by atoms with E-state index in [9.17, 15) is 9.59 Å². The maximum atomic E-state index is 11.7. The first-order valence-electron chi connectivity index (χ1n) is 4.97. The van der Waals surface area contributed by atoms with Crippen molar-refractivity contribution in [2.75, 3.05) is 11.9 Å². The maximum Gasteiger partial charge on any atom is 0.326 e. The van der Waals surface area contributed by atoms with Crippen molar-refractivity contribution in [3.05, 3.63) is 12.4 Å². The lowest BCUT2D eigenvalue weighted by Crippen LogP contribution is -2.42. The highest BCUT2D eigenvalue weighted by molar-refractivity contribution is 5.92. The Balaban J connectivity index is 2.01. The maximum absolute atomic E-state index is 11.7. The van der Waals surface area contributed by atoms with Gasteiger partial charge in [-0.3, -0.25) is 5.10 Å². The number of urea groups is 1. The van der Waals surface area contributed by atoms with E-state index in [1.54, 1.807) is 0 Å². The molecule has 2 amide bonds. The largest absolute Gasteiger partial charge is 0.480 e. The first kappa shape index (κ1) is 10.5. The molecule has 0 radical (unpaired) electrons. The number of carboxylic acid groups (broad SMARTS) is 1. The number of amides is 2. The predicted molar refractivity (Wildman–Crippen MR) is 55.0 cm³/mol. The number of aromatic amines is 1. The molecule has 1 saturated heterocycles. The Kier molecular flexibility index (Phi) is 2.76. The Labute approximate surface area is 91.4 Å². The second-order valence-corrected chi connectivity index (χ2v) is 3.61. The Hall–Kier alpha value is -2.05. The summed E-state index contributed by atoms with van der Waals surface area (Å²) < 4.78 is 0. The van der Waals surface area contributed by atoms with Gasteiger partial charge in [0.15, 0.2) is 0 Å². The molecule has 3 N–H and O–H groups in total. The topological polar surface area (TPSA) is 98.3 Å². The zero-order chi connectivity index (χ0) is 11.5. The number of carbonyl (C=O) groups is 2. The average molecular weight is 224 g/mol. The molecule has 2 rings (SSSR count). The fraction of sp³-hybridized carbons (Fsp3) is 0.444. The van der Waals surface area contributed by atoms with E-state index >= 15 is 0 Å². The molecule has 1 atom stereocenters. The van der Waals surface area contributed by atoms with Gasteiger partial charge in [0.2, 0.25) is 0 Å². The summed E-state index contributed by atoms with van der Waals surface area (Å²) in [6.45, 7) is 0.473. The van der Waals surface area contributed by atoms with E-state index in [1.165, 1.54) is 17.3 Å². The van der Waals surface area contributed by atoms with E-state index in [2.05, 4.69) is 15.5 Å². The molecule has 0 aliphatic carbocycles. The number of nitrogens with zero attached hydrogens (tertiary/aromatic N) is 2. The van der Waals surface area contributed by atoms with Crippen LogP contribution < -0.4 is 5.32 Å². The summed E-state index contributed by atoms with van der Waals surface area (Å²) in [5, 5.41) is 17.7. The number of aliphatic carboxylic acids is 1. The Morgan fingerprint density at radius 3 is 3.06 bits per heavy atom. The number of hydrogen-bond acceptors (Lipinski definition) is 3. The van der Waals surface area contributed by atoms with Gasteiger partial charge in [-0.1, -0.05) is 0 Å². The zero-order valence-corrected chi connectivity index (χ0v) is 8.51. The van der Waals surface area contributed by atoms with Crippen LogP contribution in [0.4, 0.5) is 10.5 Å². The number of aromatic nitrogens is 2. The predicted octanol–water partition coefficient (Wildman–Crippen LogP) is 0.491. The van der Waals surface area contributed by atoms with Crippen LogP contribution in [0.2, 0.25) is 0 Å². The van der Waals surface area contributed by atoms with Gasteiger partial charge >= 0.3 is 12.0 Å². The minimum Gasteiger partial charge on any atom is -0.480 e. The minimum atomic E-state index is -0.958. The monoisotopic (exact) mass is 224 g/mol. The summed E-state index contributed by atoms with van der Waals surface area (Å²) in [6.07, 6.45) is 4.22. The molecule has 0 spiro atoms. The molecule has 0 saturated carbocycles. The number of carboxylic acids is 1. The van der Waals surface area contributed by atoms with Crippen LogP contribution in [0.5, 0.6) is 0 Å². The Morgan fingerprint density at radius 1 is 1.62 bits per heavy atom. The molecule has 1 unspecified atom stereocenters. The van der Waals surface area contributed by atoms with Gasteiger partial charge in [0.25, 0.3) is 0 Å². The van der Waals surface area contributed by atoms with Crippen molar-refractivity contribution in [1.29, 1.82) is 0 Å². The molecule has 7 heteroatoms. The molecule has 1 aliphatic rings. The smallest absolute Gasteiger partial charge is 0.326 e. The van der Waals surface area contributed by atoms with Crippen molar-refractivity contribution >= 4 is 17.7 Å². The summed E-state index contributed by atoms with van der Waals surface area (Å²) >= 11 is 0. The Morgan fingerprint density at radius 2 is 2.44 bits per heavy atom. The fourth-order valence-corrected chi connectivity index (χ4v) is 1.78. The van der Waals surface area contributed by atoms with Crippen LogP contribution in [0.15, 0.2) is 12.4 Å². The highest BCUT2D eigenvalue weighted by Crippen LogP contribution is 2.18. The third-order valence-electron chi connectivity index (χ3n) is 2.55. The molecular weight excluding hydrogens is 212 g/mol. The van der Waals surface area contributed by atoms with E-state index < -0.39 is 18.0 Å². The highest BCUT2D eigenvalue weighted by atomic mass is 16.4. The molecule has 16 heavy (non-hydrogen) atoms. The van der Waals surface area contributed by atoms with Crippen LogP contribution in [0.25, 0.3) is 0 Å². The summed E-state index contributed by atoms with van der Waals surface area (Å²) in [6, 6.07) is -1.11. The van der Waals surface area contributed by atoms with Gasteiger partial charge in [-0.2, -0.15) is 5.10 Å². The minimum absolute atomic E-state index is 0.397. The number of likely N-dealkylation sites (tertiary alicyclic amines) is 1. The molecule has 0 aromatic carbocycles. The van der Waals surface area contributed by atoms with Gasteiger partial charge < -0.3 is 15.3 Å². The second kappa shape index (κ2) is 4.21. The van der Waals surface area contributed by atoms with E-state index in [-0.39, 0.29) is 0 Å². The van der Waals surface area contributed by atoms with Crippen LogP contribution in [0, 0.1) is 0 Å². The molecule has 86 valence electrons. The number of anilines is 1. The number of carbonyl (C=O) groups excluding carboxylic acids is 1. The highest BCUT2D eigenvalue weighted by Gasteiger charge is 2.33. The number of H-pyrrole nitrogens is 1. The lowest BCUT2D eigenvalue weighted by Gasteiger charge is -2.21. The second-order valence-electron chi connectivity index (χ2n) is 3.61. The van der Waals surface area contributed by atoms with E-state index in [0.29, 0.717) is 18.7 Å². The molecule has 1 aromatic heterocycles. The Bertz CT molecular complexity index is 389. The lowest BCUT2D eigenvalue weighted by molar-refractivity contribution is -0.141. The van der Waals surface area contributed by atoms with Gasteiger partial charge in [0, 0.05) is 12.7 Å². The molecular formula is C9H12N4O3. The van der Waals surface area contributed by atoms with E-state index in [1.807, 2.05) is 0 Å². The first-order chi connectivity index (χ1) is 7.68. The summed E-state index contributed by atoms with van der Waals surface area (Å²) in [5.74, 6) is -0.958. The van der Waals surface area contributed by atoms with Crippen molar-refractivity contribution < 1.29 is 14.7 Å². The molecule has 1 aromatic rings. The van der Waals surface area contributed by atoms with Crippen LogP contribution in [0.1, 0.15) is 12.8 Å². The van der Waals surface area contributed by atoms with Gasteiger partial charge in [-0.15, -0.1) is 0 Å². The summed E-state index contributed by atoms with van der Waals surface area (Å²) in [5.41, 5.74) is 0.529. The van der Waals surface area contributed by atoms with Crippen molar-refractivity contribution in [2.24, 2.45) is 0 Å². The molecule has 0 bridgehead atoms. The van der Waals surface area contributed by atoms with Gasteiger partial charge in [0.1, 0.15) is 6.04 Å². The molecule has 2 heterocycles. The fourth-order valence-electron chi connectivity index (χ4n) is 1.78. The first-order valence-corrected chi connectivity index (χ1v) is 4.97. The summed E-state index contributed by atoms with van der Waals surface area (Å²) in [7, 11) is 0. The quantitative estimate of drug-likeness (QED) is 0.680. The number of nitrogens with one attached hydrogen (secondary N) is 2. The van der Waals surface area contributed by atoms with E-state index in [0.717, 1.165) is 6.42 Å². The zero-order valence-electron chi connectivity index (χ0n) is 8.51. The molecule has 1 fully saturated rings. The van der Waals surface area contributed by atoms with Crippen LogP contribution in [0.3, 0.4) is 0 Å². The normalized spacial score (nSPS) is 19.8. The van der Waals surface area contributed by atoms with Crippen molar-refractivity contribution in [2.45, 2.75) is 18.9 Å². The molecule has 7 nitrogen and oxygen atoms in total. The van der Waals surface area contributed by atoms with Gasteiger partial charge in [-0.25, -0.2) is 9.59 Å². The average Bonchev–Trinajstić information content (AvgIpc) is 2.86. The van der Waals surface area contributed by atoms with Crippen LogP contribution in [-0.4, -0.2) is 44.8 Å². The third kappa shape index (κ3) is 1.97. The molecule has 1 aliphatic heterocycles. The van der Waals surface area contributed by atoms with Gasteiger partial charge in [0.05, 0.1) is 11.9 Å². The lowest BCUT2D eigenvalue weighted by atomic mass is 10.2. The number of hydrogen-bond donors (Lipinski definition) is 3. The number of rotatable bonds is 2. The van der Waals surface area contributed by atoms with Crippen molar-refractivity contribution in [3.8, 4) is 0 Å². The standard InChI is InChI=1S/C9H12N4O3/c14-8(15)7-2-1-3-13(7)9(16)12-6-4-10-11-5-6/h4-5,7H,1-3H2,(H,10,11)(H,12,16)(H,14,15). The summed E-state index contributed by atoms with van der Waals surface area (Å²) in [4.78, 5) is 23.9. The van der Waals surface area contributed by atoms with Crippen molar-refractivity contribution in [3.63, 3.8) is 0 Å². The van der Waals surface area contributed by atoms with Crippen LogP contribution >= 0.6 is 0 Å². The van der Waals surface area contributed by atoms with Gasteiger partial charge in [-0.05, 0) is 12.8 Å². The van der Waals surface area contributed by atoms with E-state index in [4.69, 9.17) is 5.11 Å². The third-order valence-corrected chi connectivity index (χ3v) is 2.55. The van der Waals surface area contributed by atoms with Crippen molar-refractivity contribution in [1.82, 2.24) is 15.1 Å². The SMILES string of the molecule is O=C(O)C1CCCN1C(=O)Nc1cn[nH]c1.